The SMILES string of the molecule is C[C@H](O)c1ccccc1N1CCCCCCC1. The Morgan fingerprint density at radius 1 is 1.00 bits per heavy atom. The van der Waals surface area contributed by atoms with Gasteiger partial charge in [0.05, 0.1) is 6.10 Å². The van der Waals surface area contributed by atoms with Crippen LogP contribution in [0, 0.1) is 0 Å². The number of hydrogen-bond donors (Lipinski definition) is 1. The van der Waals surface area contributed by atoms with Gasteiger partial charge in [-0.05, 0) is 25.8 Å². The van der Waals surface area contributed by atoms with Crippen molar-refractivity contribution in [2.24, 2.45) is 0 Å². The van der Waals surface area contributed by atoms with Crippen molar-refractivity contribution in [3.8, 4) is 0 Å². The van der Waals surface area contributed by atoms with Crippen LogP contribution in [-0.4, -0.2) is 18.2 Å². The average Bonchev–Trinajstić information content (AvgIpc) is 2.28. The number of nitrogens with zero attached hydrogens (tertiary/aromatic N) is 1. The minimum absolute atomic E-state index is 0.378. The summed E-state index contributed by atoms with van der Waals surface area (Å²) in [5.41, 5.74) is 2.29. The predicted octanol–water partition coefficient (Wildman–Crippen LogP) is 3.51. The van der Waals surface area contributed by atoms with Gasteiger partial charge in [-0.1, -0.05) is 37.5 Å². The Bertz CT molecular complexity index is 341. The fraction of sp³-hybridized carbons (Fsp3) is 0.600. The van der Waals surface area contributed by atoms with Gasteiger partial charge in [0, 0.05) is 24.3 Å². The number of benzene rings is 1. The van der Waals surface area contributed by atoms with Gasteiger partial charge in [0.25, 0.3) is 0 Å². The molecule has 1 saturated heterocycles. The van der Waals surface area contributed by atoms with E-state index in [0.29, 0.717) is 0 Å². The van der Waals surface area contributed by atoms with Crippen LogP contribution in [-0.2, 0) is 0 Å². The summed E-state index contributed by atoms with van der Waals surface area (Å²) in [7, 11) is 0. The highest BCUT2D eigenvalue weighted by Gasteiger charge is 2.14. The second kappa shape index (κ2) is 6.06. The fourth-order valence-electron chi connectivity index (χ4n) is 2.62. The molecule has 1 N–H and O–H groups in total. The highest BCUT2D eigenvalue weighted by Crippen LogP contribution is 2.27. The molecule has 0 spiro atoms. The van der Waals surface area contributed by atoms with Gasteiger partial charge in [-0.2, -0.15) is 0 Å². The number of rotatable bonds is 2. The first kappa shape index (κ1) is 12.4. The van der Waals surface area contributed by atoms with E-state index in [1.54, 1.807) is 0 Å². The molecule has 1 aliphatic rings. The van der Waals surface area contributed by atoms with Crippen molar-refractivity contribution in [3.63, 3.8) is 0 Å². The molecule has 0 bridgehead atoms. The van der Waals surface area contributed by atoms with Gasteiger partial charge in [-0.25, -0.2) is 0 Å². The maximum Gasteiger partial charge on any atom is 0.0781 e. The molecule has 0 unspecified atom stereocenters. The third-order valence-electron chi connectivity index (χ3n) is 3.58. The monoisotopic (exact) mass is 233 g/mol. The Kier molecular flexibility index (Phi) is 4.43. The van der Waals surface area contributed by atoms with E-state index in [9.17, 15) is 5.11 Å². The van der Waals surface area contributed by atoms with Crippen LogP contribution in [0.2, 0.25) is 0 Å². The van der Waals surface area contributed by atoms with E-state index >= 15 is 0 Å². The summed E-state index contributed by atoms with van der Waals surface area (Å²) < 4.78 is 0. The van der Waals surface area contributed by atoms with Gasteiger partial charge in [-0.15, -0.1) is 0 Å². The van der Waals surface area contributed by atoms with Gasteiger partial charge in [0.15, 0.2) is 0 Å². The van der Waals surface area contributed by atoms with E-state index in [1.165, 1.54) is 37.8 Å². The van der Waals surface area contributed by atoms with Crippen LogP contribution >= 0.6 is 0 Å². The van der Waals surface area contributed by atoms with Crippen molar-refractivity contribution in [2.75, 3.05) is 18.0 Å². The van der Waals surface area contributed by atoms with Crippen LogP contribution < -0.4 is 4.90 Å². The Morgan fingerprint density at radius 3 is 2.24 bits per heavy atom. The lowest BCUT2D eigenvalue weighted by atomic mass is 10.0. The summed E-state index contributed by atoms with van der Waals surface area (Å²) in [5, 5.41) is 9.83. The molecule has 2 heteroatoms. The topological polar surface area (TPSA) is 23.5 Å². The smallest absolute Gasteiger partial charge is 0.0781 e. The third-order valence-corrected chi connectivity index (χ3v) is 3.58. The van der Waals surface area contributed by atoms with E-state index in [-0.39, 0.29) is 6.10 Å². The highest BCUT2D eigenvalue weighted by atomic mass is 16.3. The molecule has 1 heterocycles. The Morgan fingerprint density at radius 2 is 1.59 bits per heavy atom. The molecule has 17 heavy (non-hydrogen) atoms. The lowest BCUT2D eigenvalue weighted by Crippen LogP contribution is -2.28. The molecule has 94 valence electrons. The first-order valence-electron chi connectivity index (χ1n) is 6.81. The molecule has 1 atom stereocenters. The van der Waals surface area contributed by atoms with Gasteiger partial charge in [-0.3, -0.25) is 0 Å². The molecular weight excluding hydrogens is 210 g/mol. The molecule has 1 aromatic carbocycles. The van der Waals surface area contributed by atoms with Gasteiger partial charge >= 0.3 is 0 Å². The number of aliphatic hydroxyl groups is 1. The molecule has 0 aromatic heterocycles. The Balaban J connectivity index is 2.18. The van der Waals surface area contributed by atoms with E-state index in [0.717, 1.165) is 18.7 Å². The molecule has 1 fully saturated rings. The zero-order valence-electron chi connectivity index (χ0n) is 10.7. The Labute approximate surface area is 104 Å². The molecule has 0 saturated carbocycles. The Hall–Kier alpha value is -1.02. The van der Waals surface area contributed by atoms with E-state index < -0.39 is 0 Å². The number of aliphatic hydroxyl groups excluding tert-OH is 1. The van der Waals surface area contributed by atoms with E-state index in [1.807, 2.05) is 19.1 Å². The van der Waals surface area contributed by atoms with Crippen molar-refractivity contribution < 1.29 is 5.11 Å². The normalized spacial score (nSPS) is 19.5. The van der Waals surface area contributed by atoms with Crippen LogP contribution in [0.25, 0.3) is 0 Å². The third kappa shape index (κ3) is 3.22. The minimum Gasteiger partial charge on any atom is -0.389 e. The van der Waals surface area contributed by atoms with Crippen LogP contribution in [0.3, 0.4) is 0 Å². The summed E-state index contributed by atoms with van der Waals surface area (Å²) >= 11 is 0. The molecule has 0 aliphatic carbocycles. The summed E-state index contributed by atoms with van der Waals surface area (Å²) in [4.78, 5) is 2.45. The maximum absolute atomic E-state index is 9.83. The average molecular weight is 233 g/mol. The molecule has 1 aliphatic heterocycles. The van der Waals surface area contributed by atoms with Crippen molar-refractivity contribution in [1.82, 2.24) is 0 Å². The number of para-hydroxylation sites is 1. The first-order valence-corrected chi connectivity index (χ1v) is 6.81. The predicted molar refractivity (Wildman–Crippen MR) is 72.4 cm³/mol. The largest absolute Gasteiger partial charge is 0.389 e. The lowest BCUT2D eigenvalue weighted by molar-refractivity contribution is 0.199. The van der Waals surface area contributed by atoms with Crippen LogP contribution in [0.15, 0.2) is 24.3 Å². The van der Waals surface area contributed by atoms with Crippen molar-refractivity contribution in [3.05, 3.63) is 29.8 Å². The van der Waals surface area contributed by atoms with Crippen molar-refractivity contribution >= 4 is 5.69 Å². The molecule has 1 aromatic rings. The van der Waals surface area contributed by atoms with Gasteiger partial charge in [0.1, 0.15) is 0 Å². The molecule has 2 rings (SSSR count). The highest BCUT2D eigenvalue weighted by molar-refractivity contribution is 5.54. The second-order valence-electron chi connectivity index (χ2n) is 4.99. The molecule has 0 amide bonds. The quantitative estimate of drug-likeness (QED) is 0.845. The maximum atomic E-state index is 9.83. The summed E-state index contributed by atoms with van der Waals surface area (Å²) in [6, 6.07) is 8.26. The second-order valence-corrected chi connectivity index (χ2v) is 4.99. The molecule has 0 radical (unpaired) electrons. The van der Waals surface area contributed by atoms with Gasteiger partial charge in [0.2, 0.25) is 0 Å². The standard InChI is InChI=1S/C15H23NO/c1-13(17)14-9-5-6-10-15(14)16-11-7-3-2-4-8-12-16/h5-6,9-10,13,17H,2-4,7-8,11-12H2,1H3/t13-/m0/s1. The van der Waals surface area contributed by atoms with Crippen LogP contribution in [0.5, 0.6) is 0 Å². The van der Waals surface area contributed by atoms with Crippen LogP contribution in [0.1, 0.15) is 50.7 Å². The zero-order chi connectivity index (χ0) is 12.1. The number of anilines is 1. The molecule has 2 nitrogen and oxygen atoms in total. The van der Waals surface area contributed by atoms with Crippen molar-refractivity contribution in [2.45, 2.75) is 45.1 Å². The van der Waals surface area contributed by atoms with Crippen molar-refractivity contribution in [1.29, 1.82) is 0 Å². The first-order chi connectivity index (χ1) is 8.29. The zero-order valence-corrected chi connectivity index (χ0v) is 10.7. The fourth-order valence-corrected chi connectivity index (χ4v) is 2.62. The summed E-state index contributed by atoms with van der Waals surface area (Å²) in [6.07, 6.45) is 6.23. The minimum atomic E-state index is -0.378. The summed E-state index contributed by atoms with van der Waals surface area (Å²) in [6.45, 7) is 4.11. The number of hydrogen-bond acceptors (Lipinski definition) is 2. The molecular formula is C15H23NO. The summed E-state index contributed by atoms with van der Waals surface area (Å²) in [5.74, 6) is 0. The van der Waals surface area contributed by atoms with E-state index in [2.05, 4.69) is 17.0 Å². The van der Waals surface area contributed by atoms with Crippen LogP contribution in [0.4, 0.5) is 5.69 Å². The van der Waals surface area contributed by atoms with Gasteiger partial charge < -0.3 is 10.0 Å². The lowest BCUT2D eigenvalue weighted by Gasteiger charge is -2.29. The van der Waals surface area contributed by atoms with E-state index in [4.69, 9.17) is 0 Å².